The van der Waals surface area contributed by atoms with Crippen molar-refractivity contribution < 1.29 is 14.7 Å². The van der Waals surface area contributed by atoms with Gasteiger partial charge in [-0.2, -0.15) is 0 Å². The third kappa shape index (κ3) is 3.08. The van der Waals surface area contributed by atoms with Gasteiger partial charge in [-0.15, -0.1) is 0 Å². The Labute approximate surface area is 114 Å². The first-order valence-electron chi connectivity index (χ1n) is 7.26. The SMILES string of the molecule is CCN1CCN(C(=O)[C@H]2CC(C)C[C@H]2C(=O)O)CC1. The quantitative estimate of drug-likeness (QED) is 0.826. The number of rotatable bonds is 3. The summed E-state index contributed by atoms with van der Waals surface area (Å²) in [7, 11) is 0. The van der Waals surface area contributed by atoms with Crippen LogP contribution >= 0.6 is 0 Å². The van der Waals surface area contributed by atoms with E-state index in [2.05, 4.69) is 11.8 Å². The van der Waals surface area contributed by atoms with Gasteiger partial charge in [-0.1, -0.05) is 13.8 Å². The molecule has 3 atom stereocenters. The molecule has 5 heteroatoms. The van der Waals surface area contributed by atoms with Crippen LogP contribution in [0.3, 0.4) is 0 Å². The average molecular weight is 268 g/mol. The van der Waals surface area contributed by atoms with Crippen molar-refractivity contribution in [1.82, 2.24) is 9.80 Å². The number of hydrogen-bond acceptors (Lipinski definition) is 3. The van der Waals surface area contributed by atoms with E-state index >= 15 is 0 Å². The van der Waals surface area contributed by atoms with Crippen molar-refractivity contribution in [3.05, 3.63) is 0 Å². The maximum Gasteiger partial charge on any atom is 0.307 e. The summed E-state index contributed by atoms with van der Waals surface area (Å²) >= 11 is 0. The Kier molecular flexibility index (Phi) is 4.45. The zero-order chi connectivity index (χ0) is 14.0. The van der Waals surface area contributed by atoms with Gasteiger partial charge in [0.1, 0.15) is 0 Å². The number of piperazine rings is 1. The van der Waals surface area contributed by atoms with Crippen LogP contribution in [0.2, 0.25) is 0 Å². The molecule has 1 aliphatic heterocycles. The topological polar surface area (TPSA) is 60.9 Å². The van der Waals surface area contributed by atoms with Gasteiger partial charge in [0, 0.05) is 26.2 Å². The van der Waals surface area contributed by atoms with Crippen LogP contribution in [0.1, 0.15) is 26.7 Å². The lowest BCUT2D eigenvalue weighted by atomic mass is 9.94. The van der Waals surface area contributed by atoms with E-state index in [9.17, 15) is 14.7 Å². The van der Waals surface area contributed by atoms with E-state index in [1.807, 2.05) is 11.8 Å². The number of nitrogens with zero attached hydrogens (tertiary/aromatic N) is 2. The lowest BCUT2D eigenvalue weighted by Crippen LogP contribution is -2.50. The molecule has 1 N–H and O–H groups in total. The molecule has 0 radical (unpaired) electrons. The summed E-state index contributed by atoms with van der Waals surface area (Å²) in [6, 6.07) is 0. The van der Waals surface area contributed by atoms with Gasteiger partial charge in [-0.3, -0.25) is 9.59 Å². The molecule has 1 saturated heterocycles. The molecule has 1 unspecified atom stereocenters. The molecule has 1 heterocycles. The summed E-state index contributed by atoms with van der Waals surface area (Å²) in [6.45, 7) is 8.47. The fraction of sp³-hybridized carbons (Fsp3) is 0.857. The Morgan fingerprint density at radius 3 is 2.21 bits per heavy atom. The highest BCUT2D eigenvalue weighted by molar-refractivity contribution is 5.85. The minimum atomic E-state index is -0.810. The summed E-state index contributed by atoms with van der Waals surface area (Å²) in [5.74, 6) is -1.19. The first-order valence-corrected chi connectivity index (χ1v) is 7.26. The number of carboxylic acid groups (broad SMARTS) is 1. The minimum Gasteiger partial charge on any atom is -0.481 e. The fourth-order valence-electron chi connectivity index (χ4n) is 3.36. The maximum atomic E-state index is 12.5. The van der Waals surface area contributed by atoms with Crippen LogP contribution in [0.15, 0.2) is 0 Å². The van der Waals surface area contributed by atoms with E-state index in [-0.39, 0.29) is 11.8 Å². The van der Waals surface area contributed by atoms with Crippen LogP contribution in [-0.4, -0.2) is 59.5 Å². The molecule has 5 nitrogen and oxygen atoms in total. The summed E-state index contributed by atoms with van der Waals surface area (Å²) in [6.07, 6.45) is 1.37. The summed E-state index contributed by atoms with van der Waals surface area (Å²) in [5.41, 5.74) is 0. The molecule has 0 bridgehead atoms. The first kappa shape index (κ1) is 14.3. The second-order valence-corrected chi connectivity index (χ2v) is 5.89. The van der Waals surface area contributed by atoms with Crippen molar-refractivity contribution >= 4 is 11.9 Å². The predicted octanol–water partition coefficient (Wildman–Crippen LogP) is 0.897. The van der Waals surface area contributed by atoms with E-state index < -0.39 is 11.9 Å². The van der Waals surface area contributed by atoms with Gasteiger partial charge < -0.3 is 14.9 Å². The zero-order valence-electron chi connectivity index (χ0n) is 11.8. The Bertz CT molecular complexity index is 351. The van der Waals surface area contributed by atoms with E-state index in [0.29, 0.717) is 12.3 Å². The molecule has 0 aromatic carbocycles. The number of aliphatic carboxylic acids is 1. The molecule has 108 valence electrons. The van der Waals surface area contributed by atoms with Gasteiger partial charge in [-0.25, -0.2) is 0 Å². The molecule has 0 aromatic heterocycles. The van der Waals surface area contributed by atoms with Gasteiger partial charge in [-0.05, 0) is 25.3 Å². The van der Waals surface area contributed by atoms with Crippen LogP contribution in [0.4, 0.5) is 0 Å². The second-order valence-electron chi connectivity index (χ2n) is 5.89. The average Bonchev–Trinajstić information content (AvgIpc) is 2.80. The van der Waals surface area contributed by atoms with Crippen LogP contribution in [-0.2, 0) is 9.59 Å². The second kappa shape index (κ2) is 5.90. The Morgan fingerprint density at radius 1 is 1.11 bits per heavy atom. The monoisotopic (exact) mass is 268 g/mol. The van der Waals surface area contributed by atoms with Crippen LogP contribution in [0.25, 0.3) is 0 Å². The third-order valence-electron chi connectivity index (χ3n) is 4.56. The molecule has 1 saturated carbocycles. The lowest BCUT2D eigenvalue weighted by Gasteiger charge is -2.36. The number of amides is 1. The molecule has 1 aliphatic carbocycles. The number of hydrogen-bond donors (Lipinski definition) is 1. The zero-order valence-corrected chi connectivity index (χ0v) is 11.8. The largest absolute Gasteiger partial charge is 0.481 e. The fourth-order valence-corrected chi connectivity index (χ4v) is 3.36. The van der Waals surface area contributed by atoms with Crippen molar-refractivity contribution in [2.45, 2.75) is 26.7 Å². The van der Waals surface area contributed by atoms with Gasteiger partial charge in [0.05, 0.1) is 11.8 Å². The number of likely N-dealkylation sites (N-methyl/N-ethyl adjacent to an activating group) is 1. The van der Waals surface area contributed by atoms with Gasteiger partial charge in [0.25, 0.3) is 0 Å². The smallest absolute Gasteiger partial charge is 0.307 e. The molecule has 2 aliphatic rings. The van der Waals surface area contributed by atoms with Crippen molar-refractivity contribution in [3.8, 4) is 0 Å². The van der Waals surface area contributed by atoms with Crippen LogP contribution in [0.5, 0.6) is 0 Å². The molecule has 0 aromatic rings. The van der Waals surface area contributed by atoms with Gasteiger partial charge in [0.15, 0.2) is 0 Å². The van der Waals surface area contributed by atoms with Crippen molar-refractivity contribution in [3.63, 3.8) is 0 Å². The molecule has 1 amide bonds. The highest BCUT2D eigenvalue weighted by atomic mass is 16.4. The Morgan fingerprint density at radius 2 is 1.68 bits per heavy atom. The third-order valence-corrected chi connectivity index (χ3v) is 4.56. The Hall–Kier alpha value is -1.10. The molecule has 0 spiro atoms. The molecule has 2 rings (SSSR count). The summed E-state index contributed by atoms with van der Waals surface area (Å²) < 4.78 is 0. The highest BCUT2D eigenvalue weighted by Crippen LogP contribution is 2.37. The van der Waals surface area contributed by atoms with Crippen LogP contribution < -0.4 is 0 Å². The van der Waals surface area contributed by atoms with Crippen LogP contribution in [0, 0.1) is 17.8 Å². The summed E-state index contributed by atoms with van der Waals surface area (Å²) in [4.78, 5) is 27.9. The normalized spacial score (nSPS) is 32.5. The van der Waals surface area contributed by atoms with E-state index in [1.165, 1.54) is 0 Å². The highest BCUT2D eigenvalue weighted by Gasteiger charge is 2.43. The summed E-state index contributed by atoms with van der Waals surface area (Å²) in [5, 5.41) is 9.25. The lowest BCUT2D eigenvalue weighted by molar-refractivity contribution is -0.149. The van der Waals surface area contributed by atoms with Gasteiger partial charge >= 0.3 is 5.97 Å². The van der Waals surface area contributed by atoms with Gasteiger partial charge in [0.2, 0.25) is 5.91 Å². The number of carbonyl (C=O) groups excluding carboxylic acids is 1. The van der Waals surface area contributed by atoms with Crippen molar-refractivity contribution in [2.24, 2.45) is 17.8 Å². The standard InChI is InChI=1S/C14H24N2O3/c1-3-15-4-6-16(7-5-15)13(17)11-8-10(2)9-12(11)14(18)19/h10-12H,3-9H2,1-2H3,(H,18,19)/t10?,11-,12+/m0/s1. The molecular weight excluding hydrogens is 244 g/mol. The van der Waals surface area contributed by atoms with E-state index in [1.54, 1.807) is 0 Å². The number of carboxylic acids is 1. The van der Waals surface area contributed by atoms with Crippen molar-refractivity contribution in [2.75, 3.05) is 32.7 Å². The first-order chi connectivity index (χ1) is 9.02. The molecular formula is C14H24N2O3. The molecule has 19 heavy (non-hydrogen) atoms. The maximum absolute atomic E-state index is 12.5. The minimum absolute atomic E-state index is 0.0625. The predicted molar refractivity (Wildman–Crippen MR) is 71.7 cm³/mol. The van der Waals surface area contributed by atoms with Crippen molar-refractivity contribution in [1.29, 1.82) is 0 Å². The Balaban J connectivity index is 1.97. The van der Waals surface area contributed by atoms with E-state index in [0.717, 1.165) is 39.1 Å². The van der Waals surface area contributed by atoms with E-state index in [4.69, 9.17) is 0 Å². The molecule has 2 fully saturated rings. The number of carbonyl (C=O) groups is 2.